The minimum Gasteiger partial charge on any atom is -0.368 e. The number of anilines is 1. The van der Waals surface area contributed by atoms with E-state index >= 15 is 0 Å². The maximum absolute atomic E-state index is 14.2. The fourth-order valence-electron chi connectivity index (χ4n) is 2.20. The van der Waals surface area contributed by atoms with Gasteiger partial charge in [-0.1, -0.05) is 19.1 Å². The first-order chi connectivity index (χ1) is 9.10. The van der Waals surface area contributed by atoms with Gasteiger partial charge in [-0.15, -0.1) is 0 Å². The molecule has 0 aliphatic rings. The molecule has 4 heteroatoms. The summed E-state index contributed by atoms with van der Waals surface area (Å²) in [6.45, 7) is 5.28. The van der Waals surface area contributed by atoms with Crippen LogP contribution < -0.4 is 10.6 Å². The zero-order valence-electron chi connectivity index (χ0n) is 12.3. The van der Waals surface area contributed by atoms with E-state index in [0.717, 1.165) is 43.7 Å². The van der Waals surface area contributed by atoms with Gasteiger partial charge < -0.3 is 15.5 Å². The van der Waals surface area contributed by atoms with Gasteiger partial charge in [-0.05, 0) is 45.1 Å². The molecule has 19 heavy (non-hydrogen) atoms. The van der Waals surface area contributed by atoms with Crippen molar-refractivity contribution in [2.24, 2.45) is 5.73 Å². The number of nitrogens with two attached hydrogens (primary N) is 1. The second-order valence-electron chi connectivity index (χ2n) is 5.08. The van der Waals surface area contributed by atoms with Crippen LogP contribution in [0.1, 0.15) is 18.9 Å². The number of nitrogens with zero attached hydrogens (tertiary/aromatic N) is 2. The Morgan fingerprint density at radius 3 is 2.47 bits per heavy atom. The normalized spacial score (nSPS) is 11.1. The highest BCUT2D eigenvalue weighted by Crippen LogP contribution is 2.25. The smallest absolute Gasteiger partial charge is 0.146 e. The molecule has 2 N–H and O–H groups in total. The van der Waals surface area contributed by atoms with Crippen LogP contribution in [0.2, 0.25) is 0 Å². The van der Waals surface area contributed by atoms with Gasteiger partial charge in [0.15, 0.2) is 0 Å². The van der Waals surface area contributed by atoms with E-state index in [4.69, 9.17) is 5.73 Å². The first-order valence-electron chi connectivity index (χ1n) is 6.97. The Kier molecular flexibility index (Phi) is 6.81. The summed E-state index contributed by atoms with van der Waals surface area (Å²) in [7, 11) is 4.07. The molecule has 0 aliphatic carbocycles. The molecule has 0 saturated heterocycles. The molecule has 0 aromatic heterocycles. The lowest BCUT2D eigenvalue weighted by molar-refractivity contribution is 0.411. The molecule has 0 bridgehead atoms. The summed E-state index contributed by atoms with van der Waals surface area (Å²) in [5, 5.41) is 0. The lowest BCUT2D eigenvalue weighted by Gasteiger charge is -2.28. The summed E-state index contributed by atoms with van der Waals surface area (Å²) in [4.78, 5) is 4.26. The van der Waals surface area contributed by atoms with Crippen molar-refractivity contribution in [2.45, 2.75) is 19.8 Å². The molecule has 1 aromatic carbocycles. The Morgan fingerprint density at radius 2 is 1.89 bits per heavy atom. The molecule has 0 amide bonds. The lowest BCUT2D eigenvalue weighted by Crippen LogP contribution is -2.33. The molecule has 0 fully saturated rings. The first-order valence-corrected chi connectivity index (χ1v) is 6.97. The monoisotopic (exact) mass is 267 g/mol. The highest BCUT2D eigenvalue weighted by Gasteiger charge is 2.15. The molecule has 0 spiro atoms. The molecular weight excluding hydrogens is 241 g/mol. The second-order valence-corrected chi connectivity index (χ2v) is 5.08. The Balaban J connectivity index is 2.98. The number of likely N-dealkylation sites (N-methyl/N-ethyl adjacent to an activating group) is 1. The molecule has 0 unspecified atom stereocenters. The molecule has 0 atom stereocenters. The Morgan fingerprint density at radius 1 is 1.16 bits per heavy atom. The third-order valence-corrected chi connectivity index (χ3v) is 3.11. The van der Waals surface area contributed by atoms with Crippen LogP contribution in [0.4, 0.5) is 10.1 Å². The van der Waals surface area contributed by atoms with Gasteiger partial charge in [-0.2, -0.15) is 0 Å². The molecule has 0 radical (unpaired) electrons. The minimum atomic E-state index is -0.141. The number of hydrogen-bond donors (Lipinski definition) is 1. The molecule has 3 nitrogen and oxygen atoms in total. The average Bonchev–Trinajstić information content (AvgIpc) is 2.36. The van der Waals surface area contributed by atoms with Crippen molar-refractivity contribution in [3.05, 3.63) is 29.6 Å². The molecule has 108 valence electrons. The summed E-state index contributed by atoms with van der Waals surface area (Å²) in [5.74, 6) is -0.141. The zero-order valence-corrected chi connectivity index (χ0v) is 12.3. The predicted molar refractivity (Wildman–Crippen MR) is 80.2 cm³/mol. The summed E-state index contributed by atoms with van der Waals surface area (Å²) in [6.07, 6.45) is 1.72. The van der Waals surface area contributed by atoms with Crippen molar-refractivity contribution in [3.63, 3.8) is 0 Å². The fourth-order valence-corrected chi connectivity index (χ4v) is 2.20. The lowest BCUT2D eigenvalue weighted by atomic mass is 10.1. The van der Waals surface area contributed by atoms with Crippen molar-refractivity contribution in [1.29, 1.82) is 0 Å². The number of hydrogen-bond acceptors (Lipinski definition) is 3. The number of rotatable bonds is 8. The van der Waals surface area contributed by atoms with E-state index in [2.05, 4.69) is 16.7 Å². The summed E-state index contributed by atoms with van der Waals surface area (Å²) < 4.78 is 14.2. The van der Waals surface area contributed by atoms with Crippen LogP contribution in [-0.2, 0) is 6.42 Å². The largest absolute Gasteiger partial charge is 0.368 e. The summed E-state index contributed by atoms with van der Waals surface area (Å²) >= 11 is 0. The molecule has 0 heterocycles. The van der Waals surface area contributed by atoms with Crippen LogP contribution in [-0.4, -0.2) is 45.2 Å². The van der Waals surface area contributed by atoms with Crippen LogP contribution in [0.5, 0.6) is 0 Å². The quantitative estimate of drug-likeness (QED) is 0.783. The standard InChI is InChI=1S/C15H26FN3/c1-4-10-19(12-11-18(2)3)15-13(8-9-17)6-5-7-14(15)16/h5-7H,4,8-12,17H2,1-3H3. The minimum absolute atomic E-state index is 0.141. The van der Waals surface area contributed by atoms with E-state index in [0.29, 0.717) is 6.54 Å². The van der Waals surface area contributed by atoms with Gasteiger partial charge in [0.2, 0.25) is 0 Å². The van der Waals surface area contributed by atoms with E-state index in [1.807, 2.05) is 20.2 Å². The van der Waals surface area contributed by atoms with Crippen molar-refractivity contribution >= 4 is 5.69 Å². The van der Waals surface area contributed by atoms with E-state index in [9.17, 15) is 4.39 Å². The van der Waals surface area contributed by atoms with Crippen LogP contribution in [0.25, 0.3) is 0 Å². The number of para-hydroxylation sites is 1. The predicted octanol–water partition coefficient (Wildman–Crippen LogP) is 2.10. The zero-order chi connectivity index (χ0) is 14.3. The Labute approximate surface area is 116 Å². The van der Waals surface area contributed by atoms with Crippen LogP contribution in [0.3, 0.4) is 0 Å². The van der Waals surface area contributed by atoms with E-state index in [-0.39, 0.29) is 5.82 Å². The summed E-state index contributed by atoms with van der Waals surface area (Å²) in [6, 6.07) is 5.27. The first kappa shape index (κ1) is 15.9. The van der Waals surface area contributed by atoms with Crippen molar-refractivity contribution < 1.29 is 4.39 Å². The maximum atomic E-state index is 14.2. The Bertz CT molecular complexity index is 380. The summed E-state index contributed by atoms with van der Waals surface area (Å²) in [5.41, 5.74) is 7.37. The fraction of sp³-hybridized carbons (Fsp3) is 0.600. The van der Waals surface area contributed by atoms with Crippen LogP contribution in [0.15, 0.2) is 18.2 Å². The SMILES string of the molecule is CCCN(CCN(C)C)c1c(F)cccc1CCN. The van der Waals surface area contributed by atoms with E-state index in [1.165, 1.54) is 6.07 Å². The maximum Gasteiger partial charge on any atom is 0.146 e. The highest BCUT2D eigenvalue weighted by atomic mass is 19.1. The van der Waals surface area contributed by atoms with Gasteiger partial charge in [-0.3, -0.25) is 0 Å². The molecule has 1 aromatic rings. The van der Waals surface area contributed by atoms with Crippen LogP contribution in [0, 0.1) is 5.82 Å². The van der Waals surface area contributed by atoms with Gasteiger partial charge in [-0.25, -0.2) is 4.39 Å². The Hall–Kier alpha value is -1.13. The third kappa shape index (κ3) is 4.80. The second kappa shape index (κ2) is 8.12. The van der Waals surface area contributed by atoms with E-state index < -0.39 is 0 Å². The van der Waals surface area contributed by atoms with Gasteiger partial charge in [0.05, 0.1) is 5.69 Å². The van der Waals surface area contributed by atoms with Crippen LogP contribution >= 0.6 is 0 Å². The average molecular weight is 267 g/mol. The molecule has 0 saturated carbocycles. The molecule has 1 rings (SSSR count). The van der Waals surface area contributed by atoms with Crippen molar-refractivity contribution in [2.75, 3.05) is 45.2 Å². The van der Waals surface area contributed by atoms with Crippen molar-refractivity contribution in [1.82, 2.24) is 4.90 Å². The van der Waals surface area contributed by atoms with Gasteiger partial charge >= 0.3 is 0 Å². The molecular formula is C15H26FN3. The van der Waals surface area contributed by atoms with E-state index in [1.54, 1.807) is 6.07 Å². The topological polar surface area (TPSA) is 32.5 Å². The molecule has 0 aliphatic heterocycles. The van der Waals surface area contributed by atoms with Crippen molar-refractivity contribution in [3.8, 4) is 0 Å². The van der Waals surface area contributed by atoms with Gasteiger partial charge in [0.25, 0.3) is 0 Å². The highest BCUT2D eigenvalue weighted by molar-refractivity contribution is 5.55. The van der Waals surface area contributed by atoms with Gasteiger partial charge in [0.1, 0.15) is 5.82 Å². The number of halogens is 1. The van der Waals surface area contributed by atoms with Gasteiger partial charge in [0, 0.05) is 19.6 Å². The number of benzene rings is 1. The third-order valence-electron chi connectivity index (χ3n) is 3.11.